The Morgan fingerprint density at radius 2 is 1.74 bits per heavy atom. The van der Waals surface area contributed by atoms with Gasteiger partial charge in [-0.25, -0.2) is 13.6 Å². The Morgan fingerprint density at radius 1 is 1.09 bits per heavy atom. The number of sulfonamides is 1. The predicted molar refractivity (Wildman–Crippen MR) is 125 cm³/mol. The van der Waals surface area contributed by atoms with Gasteiger partial charge in [0.1, 0.15) is 6.54 Å². The number of imide groups is 1. The van der Waals surface area contributed by atoms with Gasteiger partial charge in [0, 0.05) is 6.54 Å². The van der Waals surface area contributed by atoms with Gasteiger partial charge in [-0.05, 0) is 37.3 Å². The van der Waals surface area contributed by atoms with E-state index < -0.39 is 40.3 Å². The number of nitrogens with two attached hydrogens (primary N) is 1. The topological polar surface area (TPSA) is 158 Å². The summed E-state index contributed by atoms with van der Waals surface area (Å²) in [6.45, 7) is 1.42. The number of hydrogen-bond donors (Lipinski definition) is 1. The average Bonchev–Trinajstić information content (AvgIpc) is 3.26. The van der Waals surface area contributed by atoms with Crippen LogP contribution in [0.4, 0.5) is 0 Å². The number of aryl methyl sites for hydroxylation is 1. The van der Waals surface area contributed by atoms with Crippen molar-refractivity contribution in [2.24, 2.45) is 10.1 Å². The minimum atomic E-state index is -3.96. The van der Waals surface area contributed by atoms with Gasteiger partial charge in [-0.1, -0.05) is 23.5 Å². The lowest BCUT2D eigenvalue weighted by atomic mass is 10.1. The number of nitrogens with zero attached hydrogens (tertiary/aromatic N) is 3. The van der Waals surface area contributed by atoms with E-state index in [-0.39, 0.29) is 40.4 Å². The summed E-state index contributed by atoms with van der Waals surface area (Å²) in [5.74, 6) is -2.39. The van der Waals surface area contributed by atoms with Crippen LogP contribution in [0.2, 0.25) is 0 Å². The minimum absolute atomic E-state index is 0.0175. The molecule has 1 aliphatic rings. The van der Waals surface area contributed by atoms with Gasteiger partial charge < -0.3 is 9.30 Å². The second-order valence-corrected chi connectivity index (χ2v) is 10.1. The van der Waals surface area contributed by atoms with E-state index >= 15 is 0 Å². The van der Waals surface area contributed by atoms with E-state index in [9.17, 15) is 27.6 Å². The van der Waals surface area contributed by atoms with Crippen LogP contribution in [-0.4, -0.2) is 54.7 Å². The molecular weight excluding hydrogens is 496 g/mol. The maximum absolute atomic E-state index is 12.8. The molecule has 2 aromatic carbocycles. The van der Waals surface area contributed by atoms with Crippen LogP contribution in [0.15, 0.2) is 52.4 Å². The van der Waals surface area contributed by atoms with E-state index in [0.29, 0.717) is 10.2 Å². The van der Waals surface area contributed by atoms with Crippen molar-refractivity contribution in [3.8, 4) is 0 Å². The SMILES string of the molecule is CCOC(=O)CCn1c(=NC(=O)CN2C(=O)c3ccccc3C2=O)sc2cc(S(N)(=O)=O)ccc21. The van der Waals surface area contributed by atoms with Crippen molar-refractivity contribution >= 4 is 55.3 Å². The number of fused-ring (bicyclic) bond motifs is 2. The molecule has 3 aromatic rings. The smallest absolute Gasteiger partial charge is 0.307 e. The molecule has 182 valence electrons. The van der Waals surface area contributed by atoms with Crippen molar-refractivity contribution in [2.75, 3.05) is 13.2 Å². The van der Waals surface area contributed by atoms with E-state index in [1.807, 2.05) is 0 Å². The molecule has 0 aliphatic carbocycles. The van der Waals surface area contributed by atoms with Crippen molar-refractivity contribution in [2.45, 2.75) is 24.8 Å². The normalized spacial score (nSPS) is 14.0. The van der Waals surface area contributed by atoms with Crippen LogP contribution in [-0.2, 0) is 30.9 Å². The molecule has 35 heavy (non-hydrogen) atoms. The lowest BCUT2D eigenvalue weighted by molar-refractivity contribution is -0.143. The van der Waals surface area contributed by atoms with Gasteiger partial charge in [0.25, 0.3) is 17.7 Å². The van der Waals surface area contributed by atoms with E-state index in [1.54, 1.807) is 23.6 Å². The molecule has 13 heteroatoms. The highest BCUT2D eigenvalue weighted by Gasteiger charge is 2.36. The van der Waals surface area contributed by atoms with Crippen molar-refractivity contribution < 1.29 is 32.3 Å². The molecule has 3 amide bonds. The molecule has 0 radical (unpaired) electrons. The summed E-state index contributed by atoms with van der Waals surface area (Å²) >= 11 is 1.01. The summed E-state index contributed by atoms with van der Waals surface area (Å²) in [7, 11) is -3.96. The molecule has 0 spiro atoms. The molecule has 1 aromatic heterocycles. The summed E-state index contributed by atoms with van der Waals surface area (Å²) < 4.78 is 30.5. The number of ether oxygens (including phenoxy) is 1. The summed E-state index contributed by atoms with van der Waals surface area (Å²) in [5.41, 5.74) is 0.957. The molecule has 0 saturated carbocycles. The Bertz CT molecular complexity index is 1520. The van der Waals surface area contributed by atoms with Gasteiger partial charge in [0.2, 0.25) is 10.0 Å². The highest BCUT2D eigenvalue weighted by molar-refractivity contribution is 7.89. The first-order valence-corrected chi connectivity index (χ1v) is 12.8. The number of primary sulfonamides is 1. The van der Waals surface area contributed by atoms with Crippen molar-refractivity contribution in [1.29, 1.82) is 0 Å². The number of carbonyl (C=O) groups excluding carboxylic acids is 4. The zero-order valence-corrected chi connectivity index (χ0v) is 20.1. The average molecular weight is 517 g/mol. The van der Waals surface area contributed by atoms with E-state index in [0.717, 1.165) is 16.2 Å². The van der Waals surface area contributed by atoms with E-state index in [2.05, 4.69) is 4.99 Å². The third-order valence-electron chi connectivity index (χ3n) is 5.22. The number of carbonyl (C=O) groups is 4. The Morgan fingerprint density at radius 3 is 2.34 bits per heavy atom. The van der Waals surface area contributed by atoms with Crippen LogP contribution in [0.25, 0.3) is 10.2 Å². The van der Waals surface area contributed by atoms with Crippen LogP contribution >= 0.6 is 11.3 Å². The number of benzene rings is 2. The number of amides is 3. The number of thiazole rings is 1. The second kappa shape index (κ2) is 9.52. The van der Waals surface area contributed by atoms with Gasteiger partial charge in [-0.2, -0.15) is 4.99 Å². The highest BCUT2D eigenvalue weighted by Crippen LogP contribution is 2.23. The first kappa shape index (κ1) is 24.4. The maximum atomic E-state index is 12.8. The first-order chi connectivity index (χ1) is 16.6. The van der Waals surface area contributed by atoms with Gasteiger partial charge in [-0.3, -0.25) is 24.1 Å². The quantitative estimate of drug-likeness (QED) is 0.363. The van der Waals surface area contributed by atoms with Gasteiger partial charge >= 0.3 is 5.97 Å². The monoisotopic (exact) mass is 516 g/mol. The third-order valence-corrected chi connectivity index (χ3v) is 7.17. The second-order valence-electron chi connectivity index (χ2n) is 7.51. The van der Waals surface area contributed by atoms with Crippen LogP contribution in [0, 0.1) is 0 Å². The van der Waals surface area contributed by atoms with Crippen LogP contribution < -0.4 is 9.94 Å². The number of esters is 1. The van der Waals surface area contributed by atoms with E-state index in [4.69, 9.17) is 9.88 Å². The predicted octanol–water partition coefficient (Wildman–Crippen LogP) is 1.03. The molecular formula is C22H20N4O7S2. The van der Waals surface area contributed by atoms with Crippen molar-refractivity contribution in [3.05, 3.63) is 58.4 Å². The Hall–Kier alpha value is -3.68. The minimum Gasteiger partial charge on any atom is -0.466 e. The van der Waals surface area contributed by atoms with Crippen LogP contribution in [0.5, 0.6) is 0 Å². The fourth-order valence-electron chi connectivity index (χ4n) is 3.63. The first-order valence-electron chi connectivity index (χ1n) is 10.4. The maximum Gasteiger partial charge on any atom is 0.307 e. The molecule has 0 atom stereocenters. The van der Waals surface area contributed by atoms with Gasteiger partial charge in [0.05, 0.1) is 39.3 Å². The number of rotatable bonds is 7. The van der Waals surface area contributed by atoms with E-state index in [1.165, 1.54) is 30.3 Å². The number of hydrogen-bond acceptors (Lipinski definition) is 8. The lowest BCUT2D eigenvalue weighted by Crippen LogP contribution is -2.35. The highest BCUT2D eigenvalue weighted by atomic mass is 32.2. The molecule has 2 N–H and O–H groups in total. The molecule has 2 heterocycles. The van der Waals surface area contributed by atoms with Gasteiger partial charge in [-0.15, -0.1) is 0 Å². The van der Waals surface area contributed by atoms with Gasteiger partial charge in [0.15, 0.2) is 4.80 Å². The molecule has 0 fully saturated rings. The molecule has 4 rings (SSSR count). The van der Waals surface area contributed by atoms with Crippen LogP contribution in [0.1, 0.15) is 34.1 Å². The van der Waals surface area contributed by atoms with Crippen LogP contribution in [0.3, 0.4) is 0 Å². The summed E-state index contributed by atoms with van der Waals surface area (Å²) in [6.07, 6.45) is -0.0175. The van der Waals surface area contributed by atoms with Crippen molar-refractivity contribution in [1.82, 2.24) is 9.47 Å². The Balaban J connectivity index is 1.69. The fourth-order valence-corrected chi connectivity index (χ4v) is 5.36. The largest absolute Gasteiger partial charge is 0.466 e. The lowest BCUT2D eigenvalue weighted by Gasteiger charge is -2.10. The molecule has 11 nitrogen and oxygen atoms in total. The Labute approximate surface area is 203 Å². The van der Waals surface area contributed by atoms with Crippen molar-refractivity contribution in [3.63, 3.8) is 0 Å². The Kier molecular flexibility index (Phi) is 6.65. The third kappa shape index (κ3) is 4.92. The standard InChI is InChI=1S/C22H20N4O7S2/c1-2-33-19(28)9-10-25-16-8-7-13(35(23,31)32)11-17(16)34-22(25)24-18(27)12-26-20(29)14-5-3-4-6-15(14)21(26)30/h3-8,11H,2,9-10,12H2,1H3,(H2,23,31,32). The molecule has 0 unspecified atom stereocenters. The fraction of sp³-hybridized carbons (Fsp3) is 0.227. The molecule has 1 aliphatic heterocycles. The number of aromatic nitrogens is 1. The molecule has 0 bridgehead atoms. The zero-order valence-electron chi connectivity index (χ0n) is 18.5. The summed E-state index contributed by atoms with van der Waals surface area (Å²) in [6, 6.07) is 10.4. The summed E-state index contributed by atoms with van der Waals surface area (Å²) in [4.78, 5) is 54.7. The molecule has 0 saturated heterocycles. The summed E-state index contributed by atoms with van der Waals surface area (Å²) in [5, 5.41) is 5.22. The zero-order chi connectivity index (χ0) is 25.3.